The molecule has 0 aromatic heterocycles. The Morgan fingerprint density at radius 2 is 2.15 bits per heavy atom. The van der Waals surface area contributed by atoms with Crippen LogP contribution in [0.3, 0.4) is 0 Å². The largest absolute Gasteiger partial charge is 0.342 e. The van der Waals surface area contributed by atoms with Crippen LogP contribution in [0, 0.1) is 5.92 Å². The first-order valence-corrected chi connectivity index (χ1v) is 8.45. The molecule has 1 saturated heterocycles. The van der Waals surface area contributed by atoms with Gasteiger partial charge >= 0.3 is 0 Å². The monoisotopic (exact) mass is 316 g/mol. The number of carbonyl (C=O) groups is 1. The van der Waals surface area contributed by atoms with E-state index < -0.39 is 10.0 Å². The Morgan fingerprint density at radius 1 is 1.40 bits per heavy atom. The molecule has 2 N–H and O–H groups in total. The number of carbonyl (C=O) groups excluding carboxylic acids is 1. The molecule has 1 aromatic carbocycles. The highest BCUT2D eigenvalue weighted by Gasteiger charge is 2.31. The Kier molecular flexibility index (Phi) is 4.67. The molecular formula is C13H17ClN2O3S. The van der Waals surface area contributed by atoms with Gasteiger partial charge in [-0.15, -0.1) is 0 Å². The fraction of sp³-hybridized carbons (Fsp3) is 0.462. The molecule has 1 amide bonds. The summed E-state index contributed by atoms with van der Waals surface area (Å²) >= 11 is 5.90. The molecule has 1 heterocycles. The van der Waals surface area contributed by atoms with Gasteiger partial charge in [-0.05, 0) is 24.1 Å². The summed E-state index contributed by atoms with van der Waals surface area (Å²) < 4.78 is 22.1. The molecule has 20 heavy (non-hydrogen) atoms. The van der Waals surface area contributed by atoms with Gasteiger partial charge in [-0.3, -0.25) is 4.79 Å². The maximum atomic E-state index is 11.8. The van der Waals surface area contributed by atoms with Gasteiger partial charge in [-0.2, -0.15) is 0 Å². The summed E-state index contributed by atoms with van der Waals surface area (Å²) in [5, 5.41) is 5.68. The fourth-order valence-corrected chi connectivity index (χ4v) is 3.56. The van der Waals surface area contributed by atoms with E-state index in [-0.39, 0.29) is 24.0 Å². The number of primary sulfonamides is 1. The number of halogens is 1. The molecule has 0 saturated carbocycles. The van der Waals surface area contributed by atoms with E-state index in [0.717, 1.165) is 5.56 Å². The van der Waals surface area contributed by atoms with Crippen molar-refractivity contribution in [2.24, 2.45) is 11.1 Å². The summed E-state index contributed by atoms with van der Waals surface area (Å²) in [6, 6.07) is 7.49. The van der Waals surface area contributed by atoms with Crippen molar-refractivity contribution in [3.8, 4) is 0 Å². The average molecular weight is 317 g/mol. The molecule has 110 valence electrons. The van der Waals surface area contributed by atoms with Crippen LogP contribution in [-0.2, 0) is 21.2 Å². The van der Waals surface area contributed by atoms with Gasteiger partial charge in [0.1, 0.15) is 0 Å². The van der Waals surface area contributed by atoms with Crippen molar-refractivity contribution < 1.29 is 13.2 Å². The summed E-state index contributed by atoms with van der Waals surface area (Å²) in [5.74, 6) is -0.343. The molecule has 5 nitrogen and oxygen atoms in total. The van der Waals surface area contributed by atoms with Crippen molar-refractivity contribution in [3.05, 3.63) is 34.9 Å². The number of nitrogens with zero attached hydrogens (tertiary/aromatic N) is 1. The Morgan fingerprint density at radius 3 is 2.80 bits per heavy atom. The molecular weight excluding hydrogens is 300 g/mol. The first kappa shape index (κ1) is 15.3. The Hall–Kier alpha value is -1.11. The number of nitrogens with two attached hydrogens (primary N) is 1. The molecule has 1 aromatic rings. The highest BCUT2D eigenvalue weighted by Crippen LogP contribution is 2.20. The Balaban J connectivity index is 1.89. The number of hydrogen-bond acceptors (Lipinski definition) is 3. The van der Waals surface area contributed by atoms with E-state index in [1.165, 1.54) is 0 Å². The van der Waals surface area contributed by atoms with Gasteiger partial charge in [-0.25, -0.2) is 13.6 Å². The van der Waals surface area contributed by atoms with Crippen molar-refractivity contribution in [1.82, 2.24) is 4.90 Å². The number of benzene rings is 1. The third-order valence-corrected chi connectivity index (χ3v) is 4.49. The molecule has 1 aliphatic rings. The maximum absolute atomic E-state index is 11.8. The minimum atomic E-state index is -3.52. The topological polar surface area (TPSA) is 80.5 Å². The van der Waals surface area contributed by atoms with Crippen molar-refractivity contribution in [1.29, 1.82) is 0 Å². The lowest BCUT2D eigenvalue weighted by Gasteiger charge is -2.16. The molecule has 0 radical (unpaired) electrons. The van der Waals surface area contributed by atoms with Gasteiger partial charge < -0.3 is 4.90 Å². The highest BCUT2D eigenvalue weighted by atomic mass is 35.5. The average Bonchev–Trinajstić information content (AvgIpc) is 2.64. The van der Waals surface area contributed by atoms with E-state index in [4.69, 9.17) is 16.7 Å². The molecule has 0 aliphatic carbocycles. The van der Waals surface area contributed by atoms with Gasteiger partial charge in [-0.1, -0.05) is 23.7 Å². The minimum absolute atomic E-state index is 0.0133. The predicted molar refractivity (Wildman–Crippen MR) is 77.8 cm³/mol. The first-order chi connectivity index (χ1) is 9.33. The lowest BCUT2D eigenvalue weighted by atomic mass is 10.1. The second kappa shape index (κ2) is 6.11. The Bertz CT molecular complexity index is 603. The summed E-state index contributed by atoms with van der Waals surface area (Å²) in [6.07, 6.45) is 0.959. The zero-order valence-corrected chi connectivity index (χ0v) is 12.5. The van der Waals surface area contributed by atoms with Crippen LogP contribution in [-0.4, -0.2) is 38.1 Å². The molecule has 0 spiro atoms. The SMILES string of the molecule is NS(=O)(=O)CC1CC(=O)N(CCc2cccc(Cl)c2)C1. The smallest absolute Gasteiger partial charge is 0.222 e. The van der Waals surface area contributed by atoms with E-state index in [1.54, 1.807) is 11.0 Å². The van der Waals surface area contributed by atoms with E-state index in [2.05, 4.69) is 0 Å². The molecule has 0 bridgehead atoms. The Labute approximate surface area is 123 Å². The number of rotatable bonds is 5. The molecule has 1 unspecified atom stereocenters. The first-order valence-electron chi connectivity index (χ1n) is 6.36. The van der Waals surface area contributed by atoms with E-state index >= 15 is 0 Å². The van der Waals surface area contributed by atoms with Crippen molar-refractivity contribution >= 4 is 27.5 Å². The van der Waals surface area contributed by atoms with Crippen LogP contribution in [0.5, 0.6) is 0 Å². The normalized spacial score (nSPS) is 19.6. The van der Waals surface area contributed by atoms with Crippen LogP contribution in [0.1, 0.15) is 12.0 Å². The summed E-state index contributed by atoms with van der Waals surface area (Å²) in [6.45, 7) is 1.02. The van der Waals surface area contributed by atoms with Gasteiger partial charge in [0, 0.05) is 30.5 Å². The highest BCUT2D eigenvalue weighted by molar-refractivity contribution is 7.89. The van der Waals surface area contributed by atoms with Gasteiger partial charge in [0.05, 0.1) is 5.75 Å². The number of amides is 1. The van der Waals surface area contributed by atoms with Gasteiger partial charge in [0.15, 0.2) is 0 Å². The third kappa shape index (κ3) is 4.47. The lowest BCUT2D eigenvalue weighted by molar-refractivity contribution is -0.127. The van der Waals surface area contributed by atoms with Crippen molar-refractivity contribution in [2.75, 3.05) is 18.8 Å². The number of hydrogen-bond donors (Lipinski definition) is 1. The van der Waals surface area contributed by atoms with Crippen LogP contribution in [0.15, 0.2) is 24.3 Å². The summed E-state index contributed by atoms with van der Waals surface area (Å²) in [7, 11) is -3.52. The van der Waals surface area contributed by atoms with Crippen molar-refractivity contribution in [2.45, 2.75) is 12.8 Å². The molecule has 7 heteroatoms. The van der Waals surface area contributed by atoms with E-state index in [0.29, 0.717) is 24.5 Å². The third-order valence-electron chi connectivity index (χ3n) is 3.32. The van der Waals surface area contributed by atoms with E-state index in [1.807, 2.05) is 18.2 Å². The molecule has 1 fully saturated rings. The minimum Gasteiger partial charge on any atom is -0.342 e. The standard InChI is InChI=1S/C13H17ClN2O3S/c14-12-3-1-2-10(6-12)4-5-16-8-11(7-13(16)17)9-20(15,18)19/h1-3,6,11H,4-5,7-9H2,(H2,15,18,19). The predicted octanol–water partition coefficient (Wildman–Crippen LogP) is 1.02. The van der Waals surface area contributed by atoms with Crippen LogP contribution >= 0.6 is 11.6 Å². The molecule has 1 aliphatic heterocycles. The summed E-state index contributed by atoms with van der Waals surface area (Å²) in [4.78, 5) is 13.5. The molecule has 1 atom stereocenters. The summed E-state index contributed by atoms with van der Waals surface area (Å²) in [5.41, 5.74) is 1.06. The molecule has 2 rings (SSSR count). The second-order valence-electron chi connectivity index (χ2n) is 5.12. The quantitative estimate of drug-likeness (QED) is 0.880. The zero-order chi connectivity index (χ0) is 14.8. The maximum Gasteiger partial charge on any atom is 0.222 e. The van der Waals surface area contributed by atoms with Crippen LogP contribution in [0.4, 0.5) is 0 Å². The number of sulfonamides is 1. The van der Waals surface area contributed by atoms with Crippen molar-refractivity contribution in [3.63, 3.8) is 0 Å². The number of likely N-dealkylation sites (tertiary alicyclic amines) is 1. The zero-order valence-electron chi connectivity index (χ0n) is 11.0. The van der Waals surface area contributed by atoms with Gasteiger partial charge in [0.25, 0.3) is 0 Å². The van der Waals surface area contributed by atoms with E-state index in [9.17, 15) is 13.2 Å². The van der Waals surface area contributed by atoms with Crippen LogP contribution in [0.25, 0.3) is 0 Å². The lowest BCUT2D eigenvalue weighted by Crippen LogP contribution is -2.29. The second-order valence-corrected chi connectivity index (χ2v) is 7.21. The van der Waals surface area contributed by atoms with Gasteiger partial charge in [0.2, 0.25) is 15.9 Å². The van der Waals surface area contributed by atoms with Crippen LogP contribution < -0.4 is 5.14 Å². The fourth-order valence-electron chi connectivity index (χ4n) is 2.47. The van der Waals surface area contributed by atoms with Crippen LogP contribution in [0.2, 0.25) is 5.02 Å².